The number of anilines is 2. The average molecular weight is 468 g/mol. The molecule has 1 aliphatic rings. The summed E-state index contributed by atoms with van der Waals surface area (Å²) < 4.78 is 7.02. The fourth-order valence-electron chi connectivity index (χ4n) is 2.53. The predicted octanol–water partition coefficient (Wildman–Crippen LogP) is 4.58. The molecule has 1 fully saturated rings. The van der Waals surface area contributed by atoms with E-state index in [1.807, 2.05) is 18.2 Å². The minimum Gasteiger partial charge on any atom is -0.368 e. The van der Waals surface area contributed by atoms with Crippen LogP contribution in [0.4, 0.5) is 11.4 Å². The summed E-state index contributed by atoms with van der Waals surface area (Å²) in [6, 6.07) is 12.4. The predicted molar refractivity (Wildman–Crippen MR) is 104 cm³/mol. The molecule has 2 N–H and O–H groups in total. The SMILES string of the molecule is O=C(Nc1cc(Br)ccc1Br)c1cccc(NC(=O)C2CCCO2)c1. The Hall–Kier alpha value is -1.70. The lowest BCUT2D eigenvalue weighted by atomic mass is 10.1. The summed E-state index contributed by atoms with van der Waals surface area (Å²) in [5, 5.41) is 5.65. The van der Waals surface area contributed by atoms with Gasteiger partial charge in [0.1, 0.15) is 6.10 Å². The molecule has 0 saturated carbocycles. The number of amides is 2. The van der Waals surface area contributed by atoms with E-state index in [4.69, 9.17) is 4.74 Å². The summed E-state index contributed by atoms with van der Waals surface area (Å²) in [6.07, 6.45) is 1.21. The molecule has 2 aromatic carbocycles. The minimum absolute atomic E-state index is 0.176. The van der Waals surface area contributed by atoms with Crippen LogP contribution in [0.1, 0.15) is 23.2 Å². The van der Waals surface area contributed by atoms with Crippen LogP contribution < -0.4 is 10.6 Å². The van der Waals surface area contributed by atoms with Crippen molar-refractivity contribution in [2.24, 2.45) is 0 Å². The first kappa shape index (κ1) is 18.1. The molecule has 1 heterocycles. The van der Waals surface area contributed by atoms with E-state index < -0.39 is 6.10 Å². The van der Waals surface area contributed by atoms with E-state index in [-0.39, 0.29) is 11.8 Å². The highest BCUT2D eigenvalue weighted by Gasteiger charge is 2.23. The van der Waals surface area contributed by atoms with Crippen LogP contribution >= 0.6 is 31.9 Å². The molecular weight excluding hydrogens is 452 g/mol. The smallest absolute Gasteiger partial charge is 0.255 e. The molecule has 0 aliphatic carbocycles. The van der Waals surface area contributed by atoms with Gasteiger partial charge in [-0.15, -0.1) is 0 Å². The van der Waals surface area contributed by atoms with Crippen LogP contribution in [0.2, 0.25) is 0 Å². The van der Waals surface area contributed by atoms with Crippen molar-refractivity contribution in [3.05, 3.63) is 57.0 Å². The largest absolute Gasteiger partial charge is 0.368 e. The normalized spacial score (nSPS) is 16.5. The van der Waals surface area contributed by atoms with Gasteiger partial charge in [-0.2, -0.15) is 0 Å². The summed E-state index contributed by atoms with van der Waals surface area (Å²) in [5.41, 5.74) is 1.69. The lowest BCUT2D eigenvalue weighted by molar-refractivity contribution is -0.124. The first-order valence-electron chi connectivity index (χ1n) is 7.82. The second kappa shape index (κ2) is 8.12. The van der Waals surface area contributed by atoms with Gasteiger partial charge in [0.15, 0.2) is 0 Å². The standard InChI is InChI=1S/C18H16Br2N2O3/c19-12-6-7-14(20)15(10-12)22-17(23)11-3-1-4-13(9-11)21-18(24)16-5-2-8-25-16/h1,3-4,6-7,9-10,16H,2,5,8H2,(H,21,24)(H,22,23). The molecule has 130 valence electrons. The van der Waals surface area contributed by atoms with Crippen LogP contribution in [0.5, 0.6) is 0 Å². The summed E-state index contributed by atoms with van der Waals surface area (Å²) in [6.45, 7) is 0.613. The molecule has 25 heavy (non-hydrogen) atoms. The fourth-order valence-corrected chi connectivity index (χ4v) is 3.24. The third kappa shape index (κ3) is 4.68. The Morgan fingerprint density at radius 1 is 1.08 bits per heavy atom. The fraction of sp³-hybridized carbons (Fsp3) is 0.222. The number of benzene rings is 2. The van der Waals surface area contributed by atoms with Crippen LogP contribution in [0.25, 0.3) is 0 Å². The van der Waals surface area contributed by atoms with Gasteiger partial charge < -0.3 is 15.4 Å². The van der Waals surface area contributed by atoms with E-state index in [9.17, 15) is 9.59 Å². The van der Waals surface area contributed by atoms with Crippen molar-refractivity contribution >= 4 is 55.0 Å². The Morgan fingerprint density at radius 3 is 2.68 bits per heavy atom. The summed E-state index contributed by atoms with van der Waals surface area (Å²) in [7, 11) is 0. The number of hydrogen-bond donors (Lipinski definition) is 2. The molecule has 3 rings (SSSR count). The Labute approximate surface area is 162 Å². The van der Waals surface area contributed by atoms with E-state index in [1.165, 1.54) is 0 Å². The molecular formula is C18H16Br2N2O3. The summed E-state index contributed by atoms with van der Waals surface area (Å²) in [4.78, 5) is 24.6. The molecule has 7 heteroatoms. The van der Waals surface area contributed by atoms with Crippen molar-refractivity contribution in [3.8, 4) is 0 Å². The molecule has 0 radical (unpaired) electrons. The third-order valence-corrected chi connectivity index (χ3v) is 4.98. The molecule has 1 unspecified atom stereocenters. The molecule has 0 aromatic heterocycles. The van der Waals surface area contributed by atoms with E-state index >= 15 is 0 Å². The Bertz CT molecular complexity index is 805. The molecule has 0 spiro atoms. The van der Waals surface area contributed by atoms with Crippen molar-refractivity contribution in [3.63, 3.8) is 0 Å². The number of carbonyl (C=O) groups is 2. The molecule has 2 aromatic rings. The van der Waals surface area contributed by atoms with E-state index in [0.717, 1.165) is 21.8 Å². The molecule has 1 atom stereocenters. The Morgan fingerprint density at radius 2 is 1.92 bits per heavy atom. The lowest BCUT2D eigenvalue weighted by Gasteiger charge is -2.12. The quantitative estimate of drug-likeness (QED) is 0.691. The van der Waals surface area contributed by atoms with Gasteiger partial charge in [0, 0.05) is 26.8 Å². The van der Waals surface area contributed by atoms with Crippen molar-refractivity contribution in [1.29, 1.82) is 0 Å². The van der Waals surface area contributed by atoms with Crippen LogP contribution in [0.15, 0.2) is 51.4 Å². The van der Waals surface area contributed by atoms with Crippen LogP contribution in [0.3, 0.4) is 0 Å². The zero-order valence-electron chi connectivity index (χ0n) is 13.2. The number of halogens is 2. The highest BCUT2D eigenvalue weighted by atomic mass is 79.9. The van der Waals surface area contributed by atoms with E-state index in [2.05, 4.69) is 42.5 Å². The van der Waals surface area contributed by atoms with Crippen molar-refractivity contribution in [2.75, 3.05) is 17.2 Å². The monoisotopic (exact) mass is 466 g/mol. The molecule has 1 aliphatic heterocycles. The van der Waals surface area contributed by atoms with E-state index in [0.29, 0.717) is 23.5 Å². The van der Waals surface area contributed by atoms with Crippen LogP contribution in [-0.4, -0.2) is 24.5 Å². The second-order valence-corrected chi connectivity index (χ2v) is 7.42. The van der Waals surface area contributed by atoms with Gasteiger partial charge in [-0.25, -0.2) is 0 Å². The summed E-state index contributed by atoms with van der Waals surface area (Å²) >= 11 is 6.79. The van der Waals surface area contributed by atoms with Crippen molar-refractivity contribution in [2.45, 2.75) is 18.9 Å². The van der Waals surface area contributed by atoms with E-state index in [1.54, 1.807) is 24.3 Å². The Balaban J connectivity index is 1.71. The number of ether oxygens (including phenoxy) is 1. The molecule has 0 bridgehead atoms. The van der Waals surface area contributed by atoms with Gasteiger partial charge in [-0.3, -0.25) is 9.59 Å². The van der Waals surface area contributed by atoms with Crippen molar-refractivity contribution < 1.29 is 14.3 Å². The number of carbonyl (C=O) groups excluding carboxylic acids is 2. The first-order chi connectivity index (χ1) is 12.0. The average Bonchev–Trinajstić information content (AvgIpc) is 3.13. The number of rotatable bonds is 4. The maximum Gasteiger partial charge on any atom is 0.255 e. The highest BCUT2D eigenvalue weighted by Crippen LogP contribution is 2.27. The van der Waals surface area contributed by atoms with Gasteiger partial charge in [0.2, 0.25) is 0 Å². The second-order valence-electron chi connectivity index (χ2n) is 5.65. The third-order valence-electron chi connectivity index (χ3n) is 3.79. The molecule has 2 amide bonds. The summed E-state index contributed by atoms with van der Waals surface area (Å²) in [5.74, 6) is -0.434. The molecule has 1 saturated heterocycles. The van der Waals surface area contributed by atoms with Gasteiger partial charge in [0.25, 0.3) is 11.8 Å². The van der Waals surface area contributed by atoms with Crippen LogP contribution in [-0.2, 0) is 9.53 Å². The van der Waals surface area contributed by atoms with Crippen LogP contribution in [0, 0.1) is 0 Å². The van der Waals surface area contributed by atoms with Gasteiger partial charge in [-0.1, -0.05) is 22.0 Å². The number of nitrogens with one attached hydrogen (secondary N) is 2. The maximum atomic E-state index is 12.5. The maximum absolute atomic E-state index is 12.5. The lowest BCUT2D eigenvalue weighted by Crippen LogP contribution is -2.27. The van der Waals surface area contributed by atoms with Gasteiger partial charge >= 0.3 is 0 Å². The Kier molecular flexibility index (Phi) is 5.88. The zero-order chi connectivity index (χ0) is 17.8. The molecule has 5 nitrogen and oxygen atoms in total. The topological polar surface area (TPSA) is 67.4 Å². The first-order valence-corrected chi connectivity index (χ1v) is 9.40. The zero-order valence-corrected chi connectivity index (χ0v) is 16.4. The highest BCUT2D eigenvalue weighted by molar-refractivity contribution is 9.11. The van der Waals surface area contributed by atoms with Crippen molar-refractivity contribution in [1.82, 2.24) is 0 Å². The number of hydrogen-bond acceptors (Lipinski definition) is 3. The minimum atomic E-state index is -0.407. The van der Waals surface area contributed by atoms with Gasteiger partial charge in [0.05, 0.1) is 5.69 Å². The van der Waals surface area contributed by atoms with Gasteiger partial charge in [-0.05, 0) is 65.2 Å².